The topological polar surface area (TPSA) is 74.5 Å². The Balaban J connectivity index is 1.32. The van der Waals surface area contributed by atoms with Gasteiger partial charge in [0.15, 0.2) is 5.76 Å². The fraction of sp³-hybridized carbons (Fsp3) is 0.207. The summed E-state index contributed by atoms with van der Waals surface area (Å²) < 4.78 is 5.53. The van der Waals surface area contributed by atoms with Crippen LogP contribution >= 0.6 is 0 Å². The van der Waals surface area contributed by atoms with Crippen molar-refractivity contribution in [2.45, 2.75) is 6.92 Å². The first-order valence-electron chi connectivity index (χ1n) is 12.1. The summed E-state index contributed by atoms with van der Waals surface area (Å²) in [5.74, 6) is 1.44. The van der Waals surface area contributed by atoms with Crippen molar-refractivity contribution in [1.82, 2.24) is 14.9 Å². The number of para-hydroxylation sites is 1. The van der Waals surface area contributed by atoms with E-state index >= 15 is 0 Å². The highest BCUT2D eigenvalue weighted by molar-refractivity contribution is 6.13. The largest absolute Gasteiger partial charge is 0.463 e. The first-order valence-corrected chi connectivity index (χ1v) is 12.1. The molecule has 0 saturated carbocycles. The molecule has 1 saturated heterocycles. The quantitative estimate of drug-likeness (QED) is 0.376. The Morgan fingerprint density at radius 2 is 1.69 bits per heavy atom. The van der Waals surface area contributed by atoms with Crippen LogP contribution in [0.2, 0.25) is 0 Å². The molecule has 1 aliphatic rings. The maximum Gasteiger partial charge on any atom is 0.256 e. The number of furan rings is 1. The summed E-state index contributed by atoms with van der Waals surface area (Å²) in [5.41, 5.74) is 4.71. The Labute approximate surface area is 209 Å². The maximum atomic E-state index is 13.5. The summed E-state index contributed by atoms with van der Waals surface area (Å²) in [5, 5.41) is 4.91. The van der Waals surface area contributed by atoms with Crippen molar-refractivity contribution < 1.29 is 9.21 Å². The molecule has 0 atom stereocenters. The van der Waals surface area contributed by atoms with Crippen molar-refractivity contribution in [3.05, 3.63) is 84.1 Å². The molecule has 1 N–H and O–H groups in total. The average Bonchev–Trinajstić information content (AvgIpc) is 3.44. The van der Waals surface area contributed by atoms with Gasteiger partial charge in [0, 0.05) is 42.6 Å². The average molecular weight is 478 g/mol. The molecule has 1 fully saturated rings. The highest BCUT2D eigenvalue weighted by Crippen LogP contribution is 2.28. The fourth-order valence-corrected chi connectivity index (χ4v) is 4.76. The standard InChI is InChI=1S/C29H27N5O2/c1-19-16-28(34-13-11-33(2)12-14-34)32-25-10-9-20(17-22(19)25)30-29(35)23-18-26(27-8-5-15-36-27)31-24-7-4-3-6-21(23)24/h3-10,15-18H,11-14H2,1-2H3,(H,30,35). The third-order valence-corrected chi connectivity index (χ3v) is 6.82. The summed E-state index contributed by atoms with van der Waals surface area (Å²) in [6, 6.07) is 21.1. The third-order valence-electron chi connectivity index (χ3n) is 6.82. The van der Waals surface area contributed by atoms with Crippen LogP contribution in [0.4, 0.5) is 11.5 Å². The van der Waals surface area contributed by atoms with Crippen LogP contribution < -0.4 is 10.2 Å². The van der Waals surface area contributed by atoms with Crippen molar-refractivity contribution in [3.8, 4) is 11.5 Å². The molecular weight excluding hydrogens is 450 g/mol. The molecule has 3 aromatic heterocycles. The van der Waals surface area contributed by atoms with Crippen LogP contribution in [0.3, 0.4) is 0 Å². The van der Waals surface area contributed by atoms with Gasteiger partial charge >= 0.3 is 0 Å². The van der Waals surface area contributed by atoms with Crippen LogP contribution in [0.5, 0.6) is 0 Å². The number of anilines is 2. The molecule has 7 heteroatoms. The van der Waals surface area contributed by atoms with E-state index in [1.54, 1.807) is 12.3 Å². The van der Waals surface area contributed by atoms with E-state index in [1.807, 2.05) is 54.6 Å². The molecule has 0 aliphatic carbocycles. The predicted octanol–water partition coefficient (Wildman–Crippen LogP) is 5.36. The van der Waals surface area contributed by atoms with Gasteiger partial charge in [-0.1, -0.05) is 18.2 Å². The van der Waals surface area contributed by atoms with Gasteiger partial charge < -0.3 is 19.5 Å². The van der Waals surface area contributed by atoms with Crippen LogP contribution in [0.25, 0.3) is 33.3 Å². The van der Waals surface area contributed by atoms with E-state index in [4.69, 9.17) is 9.40 Å². The number of likely N-dealkylation sites (N-methyl/N-ethyl adjacent to an activating group) is 1. The number of hydrogen-bond acceptors (Lipinski definition) is 6. The second kappa shape index (κ2) is 9.09. The Morgan fingerprint density at radius 3 is 2.50 bits per heavy atom. The molecule has 7 nitrogen and oxygen atoms in total. The molecule has 0 unspecified atom stereocenters. The first-order chi connectivity index (χ1) is 17.5. The second-order valence-electron chi connectivity index (χ2n) is 9.32. The minimum atomic E-state index is -0.194. The second-order valence-corrected chi connectivity index (χ2v) is 9.32. The van der Waals surface area contributed by atoms with Crippen molar-refractivity contribution >= 4 is 39.2 Å². The van der Waals surface area contributed by atoms with Crippen LogP contribution in [0.1, 0.15) is 15.9 Å². The Hall–Kier alpha value is -4.23. The molecule has 0 bridgehead atoms. The zero-order valence-electron chi connectivity index (χ0n) is 20.4. The highest BCUT2D eigenvalue weighted by Gasteiger charge is 2.18. The SMILES string of the molecule is Cc1cc(N2CCN(C)CC2)nc2ccc(NC(=O)c3cc(-c4ccco4)nc4ccccc34)cc12. The van der Waals surface area contributed by atoms with E-state index in [1.165, 1.54) is 0 Å². The van der Waals surface area contributed by atoms with Gasteiger partial charge in [0.1, 0.15) is 11.5 Å². The number of benzene rings is 2. The lowest BCUT2D eigenvalue weighted by Crippen LogP contribution is -2.44. The number of aryl methyl sites for hydroxylation is 1. The van der Waals surface area contributed by atoms with E-state index in [-0.39, 0.29) is 5.91 Å². The summed E-state index contributed by atoms with van der Waals surface area (Å²) in [6.07, 6.45) is 1.60. The molecular formula is C29H27N5O2. The van der Waals surface area contributed by atoms with Crippen molar-refractivity contribution in [1.29, 1.82) is 0 Å². The number of piperazine rings is 1. The van der Waals surface area contributed by atoms with Crippen molar-refractivity contribution in [2.75, 3.05) is 43.4 Å². The molecule has 36 heavy (non-hydrogen) atoms. The molecule has 0 radical (unpaired) electrons. The predicted molar refractivity (Wildman–Crippen MR) is 144 cm³/mol. The van der Waals surface area contributed by atoms with Gasteiger partial charge in [0.25, 0.3) is 5.91 Å². The van der Waals surface area contributed by atoms with Crippen LogP contribution in [-0.4, -0.2) is 54.0 Å². The number of amides is 1. The van der Waals surface area contributed by atoms with Crippen molar-refractivity contribution in [3.63, 3.8) is 0 Å². The van der Waals surface area contributed by atoms with E-state index in [9.17, 15) is 4.79 Å². The van der Waals surface area contributed by atoms with Gasteiger partial charge in [-0.15, -0.1) is 0 Å². The highest BCUT2D eigenvalue weighted by atomic mass is 16.3. The third kappa shape index (κ3) is 4.18. The minimum absolute atomic E-state index is 0.194. The van der Waals surface area contributed by atoms with E-state index in [0.717, 1.165) is 65.1 Å². The number of aromatic nitrogens is 2. The Morgan fingerprint density at radius 1 is 0.889 bits per heavy atom. The number of carbonyl (C=O) groups is 1. The van der Waals surface area contributed by atoms with Gasteiger partial charge in [-0.3, -0.25) is 4.79 Å². The van der Waals surface area contributed by atoms with E-state index < -0.39 is 0 Å². The molecule has 2 aromatic carbocycles. The van der Waals surface area contributed by atoms with Crippen LogP contribution in [0.15, 0.2) is 77.4 Å². The summed E-state index contributed by atoms with van der Waals surface area (Å²) >= 11 is 0. The number of hydrogen-bond donors (Lipinski definition) is 1. The van der Waals surface area contributed by atoms with Gasteiger partial charge in [0.05, 0.1) is 22.9 Å². The molecule has 5 aromatic rings. The minimum Gasteiger partial charge on any atom is -0.463 e. The zero-order valence-corrected chi connectivity index (χ0v) is 20.4. The molecule has 180 valence electrons. The Kier molecular flexibility index (Phi) is 5.62. The summed E-state index contributed by atoms with van der Waals surface area (Å²) in [4.78, 5) is 27.7. The monoisotopic (exact) mass is 477 g/mol. The normalized spacial score (nSPS) is 14.4. The lowest BCUT2D eigenvalue weighted by Gasteiger charge is -2.33. The van der Waals surface area contributed by atoms with E-state index in [0.29, 0.717) is 17.0 Å². The van der Waals surface area contributed by atoms with Gasteiger partial charge in [-0.05, 0) is 68.1 Å². The summed E-state index contributed by atoms with van der Waals surface area (Å²) in [6.45, 7) is 6.12. The van der Waals surface area contributed by atoms with Gasteiger partial charge in [-0.25, -0.2) is 9.97 Å². The van der Waals surface area contributed by atoms with Crippen LogP contribution in [-0.2, 0) is 0 Å². The number of carbonyl (C=O) groups excluding carboxylic acids is 1. The fourth-order valence-electron chi connectivity index (χ4n) is 4.76. The van der Waals surface area contributed by atoms with Gasteiger partial charge in [0.2, 0.25) is 0 Å². The van der Waals surface area contributed by atoms with Crippen molar-refractivity contribution in [2.24, 2.45) is 0 Å². The van der Waals surface area contributed by atoms with Crippen LogP contribution in [0, 0.1) is 6.92 Å². The first kappa shape index (κ1) is 22.2. The molecule has 4 heterocycles. The van der Waals surface area contributed by atoms with E-state index in [2.05, 4.69) is 40.1 Å². The molecule has 6 rings (SSSR count). The number of rotatable bonds is 4. The smallest absolute Gasteiger partial charge is 0.256 e. The number of nitrogens with one attached hydrogen (secondary N) is 1. The maximum absolute atomic E-state index is 13.5. The number of nitrogens with zero attached hydrogens (tertiary/aromatic N) is 4. The number of pyridine rings is 2. The molecule has 1 aliphatic heterocycles. The summed E-state index contributed by atoms with van der Waals surface area (Å²) in [7, 11) is 2.15. The number of fused-ring (bicyclic) bond motifs is 2. The molecule has 0 spiro atoms. The lowest BCUT2D eigenvalue weighted by molar-refractivity contribution is 0.102. The zero-order chi connectivity index (χ0) is 24.6. The van der Waals surface area contributed by atoms with Gasteiger partial charge in [-0.2, -0.15) is 0 Å². The Bertz CT molecular complexity index is 1570. The molecule has 1 amide bonds. The lowest BCUT2D eigenvalue weighted by atomic mass is 10.1.